The van der Waals surface area contributed by atoms with Gasteiger partial charge in [-0.2, -0.15) is 0 Å². The second-order valence-electron chi connectivity index (χ2n) is 8.81. The van der Waals surface area contributed by atoms with E-state index in [-0.39, 0.29) is 30.7 Å². The number of nitrogens with two attached hydrogens (primary N) is 1. The van der Waals surface area contributed by atoms with E-state index in [1.807, 2.05) is 78.9 Å². The molecule has 0 aromatic heterocycles. The number of esters is 1. The maximum atomic E-state index is 12.6. The molecule has 0 aliphatic heterocycles. The second-order valence-corrected chi connectivity index (χ2v) is 8.81. The summed E-state index contributed by atoms with van der Waals surface area (Å²) in [6.45, 7) is -0.130. The number of hydrogen-bond donors (Lipinski definition) is 1. The first-order valence-electron chi connectivity index (χ1n) is 12.0. The van der Waals surface area contributed by atoms with Gasteiger partial charge >= 0.3 is 11.9 Å². The summed E-state index contributed by atoms with van der Waals surface area (Å²) in [5.41, 5.74) is 10.4. The van der Waals surface area contributed by atoms with Crippen molar-refractivity contribution in [3.8, 4) is 5.75 Å². The Morgan fingerprint density at radius 1 is 0.944 bits per heavy atom. The van der Waals surface area contributed by atoms with Crippen LogP contribution in [0.4, 0.5) is 0 Å². The van der Waals surface area contributed by atoms with Crippen molar-refractivity contribution < 1.29 is 23.9 Å². The van der Waals surface area contributed by atoms with Gasteiger partial charge in [-0.1, -0.05) is 78.0 Å². The number of methoxy groups -OCH3 is 1. The molecule has 0 spiro atoms. The quantitative estimate of drug-likeness (QED) is 0.158. The van der Waals surface area contributed by atoms with Gasteiger partial charge in [0.05, 0.1) is 19.4 Å². The van der Waals surface area contributed by atoms with Crippen molar-refractivity contribution in [2.24, 2.45) is 16.8 Å². The third kappa shape index (κ3) is 6.30. The number of rotatable bonds is 9. The van der Waals surface area contributed by atoms with Gasteiger partial charge in [0.2, 0.25) is 0 Å². The number of carbonyl (C=O) groups excluding carboxylic acids is 2. The molecule has 36 heavy (non-hydrogen) atoms. The highest BCUT2D eigenvalue weighted by molar-refractivity contribution is 5.90. The van der Waals surface area contributed by atoms with Gasteiger partial charge in [0, 0.05) is 0 Å². The van der Waals surface area contributed by atoms with E-state index < -0.39 is 11.9 Å². The van der Waals surface area contributed by atoms with Crippen LogP contribution < -0.4 is 10.5 Å². The molecule has 1 unspecified atom stereocenters. The second kappa shape index (κ2) is 12.0. The fourth-order valence-electron chi connectivity index (χ4n) is 4.61. The molecule has 0 saturated heterocycles. The van der Waals surface area contributed by atoms with Crippen molar-refractivity contribution in [3.63, 3.8) is 0 Å². The summed E-state index contributed by atoms with van der Waals surface area (Å²) in [5.74, 6) is -0.122. The van der Waals surface area contributed by atoms with E-state index in [0.717, 1.165) is 41.5 Å². The Morgan fingerprint density at radius 2 is 1.61 bits per heavy atom. The fourth-order valence-corrected chi connectivity index (χ4v) is 4.61. The predicted octanol–water partition coefficient (Wildman–Crippen LogP) is 4.38. The highest BCUT2D eigenvalue weighted by atomic mass is 16.7. The first-order chi connectivity index (χ1) is 17.5. The molecule has 2 N–H and O–H groups in total. The van der Waals surface area contributed by atoms with Crippen molar-refractivity contribution in [1.29, 1.82) is 0 Å². The number of benzene rings is 3. The van der Waals surface area contributed by atoms with Crippen molar-refractivity contribution >= 4 is 17.8 Å². The molecule has 3 aromatic rings. The van der Waals surface area contributed by atoms with Gasteiger partial charge in [0.1, 0.15) is 5.75 Å². The fraction of sp³-hybridized carbons (Fsp3) is 0.276. The molecule has 7 heteroatoms. The van der Waals surface area contributed by atoms with Crippen LogP contribution in [0.3, 0.4) is 0 Å². The van der Waals surface area contributed by atoms with Gasteiger partial charge in [-0.3, -0.25) is 0 Å². The average Bonchev–Trinajstić information content (AvgIpc) is 2.91. The Morgan fingerprint density at radius 3 is 2.25 bits per heavy atom. The maximum absolute atomic E-state index is 12.6. The van der Waals surface area contributed by atoms with Crippen LogP contribution in [0.1, 0.15) is 41.0 Å². The van der Waals surface area contributed by atoms with E-state index in [2.05, 4.69) is 9.89 Å². The molecule has 0 bridgehead atoms. The average molecular weight is 487 g/mol. The van der Waals surface area contributed by atoms with Crippen molar-refractivity contribution in [2.75, 3.05) is 13.7 Å². The van der Waals surface area contributed by atoms with Crippen LogP contribution in [-0.2, 0) is 32.0 Å². The van der Waals surface area contributed by atoms with Gasteiger partial charge in [-0.25, -0.2) is 9.59 Å². The minimum absolute atomic E-state index is 0.122. The molecular formula is C29H30N2O5. The number of ether oxygens (including phenoxy) is 2. The normalized spacial score (nSPS) is 15.2. The molecular weight excluding hydrogens is 456 g/mol. The summed E-state index contributed by atoms with van der Waals surface area (Å²) in [5, 5.41) is 4.03. The molecule has 1 aliphatic carbocycles. The molecule has 7 nitrogen and oxygen atoms in total. The lowest BCUT2D eigenvalue weighted by molar-refractivity contribution is -0.145. The summed E-state index contributed by atoms with van der Waals surface area (Å²) in [4.78, 5) is 29.3. The molecule has 3 aromatic carbocycles. The summed E-state index contributed by atoms with van der Waals surface area (Å²) in [6, 6.07) is 25.3. The van der Waals surface area contributed by atoms with Crippen LogP contribution in [0.2, 0.25) is 0 Å². The maximum Gasteiger partial charge on any atom is 0.343 e. The lowest BCUT2D eigenvalue weighted by Gasteiger charge is -2.25. The van der Waals surface area contributed by atoms with Gasteiger partial charge in [-0.15, -0.1) is 0 Å². The molecule has 1 aliphatic rings. The largest absolute Gasteiger partial charge is 0.482 e. The summed E-state index contributed by atoms with van der Waals surface area (Å²) < 4.78 is 10.3. The van der Waals surface area contributed by atoms with Gasteiger partial charge in [0.25, 0.3) is 0 Å². The number of nitrogens with zero attached hydrogens (tertiary/aromatic N) is 1. The zero-order chi connectivity index (χ0) is 25.3. The lowest BCUT2D eigenvalue weighted by atomic mass is 9.82. The Bertz CT molecular complexity index is 1170. The predicted molar refractivity (Wildman–Crippen MR) is 137 cm³/mol. The highest BCUT2D eigenvalue weighted by Crippen LogP contribution is 2.34. The molecule has 0 heterocycles. The molecule has 186 valence electrons. The minimum Gasteiger partial charge on any atom is -0.482 e. The number of carbonyl (C=O) groups is 2. The van der Waals surface area contributed by atoms with Crippen LogP contribution in [0.15, 0.2) is 84.0 Å². The van der Waals surface area contributed by atoms with Crippen LogP contribution >= 0.6 is 0 Å². The van der Waals surface area contributed by atoms with Gasteiger partial charge < -0.3 is 20.0 Å². The Labute approximate surface area is 210 Å². The first kappa shape index (κ1) is 25.0. The van der Waals surface area contributed by atoms with Crippen LogP contribution in [-0.4, -0.2) is 31.5 Å². The van der Waals surface area contributed by atoms with Crippen molar-refractivity contribution in [3.05, 3.63) is 101 Å². The summed E-state index contributed by atoms with van der Waals surface area (Å²) in [7, 11) is 1.33. The first-order valence-corrected chi connectivity index (χ1v) is 12.0. The Balaban J connectivity index is 1.39. The topological polar surface area (TPSA) is 100 Å². The van der Waals surface area contributed by atoms with E-state index >= 15 is 0 Å². The summed E-state index contributed by atoms with van der Waals surface area (Å²) in [6.07, 6.45) is 2.51. The van der Waals surface area contributed by atoms with Crippen molar-refractivity contribution in [2.45, 2.75) is 31.6 Å². The zero-order valence-corrected chi connectivity index (χ0v) is 20.3. The molecule has 0 saturated carbocycles. The smallest absolute Gasteiger partial charge is 0.343 e. The third-order valence-electron chi connectivity index (χ3n) is 6.38. The molecule has 4 rings (SSSR count). The lowest BCUT2D eigenvalue weighted by Crippen LogP contribution is -2.24. The van der Waals surface area contributed by atoms with Gasteiger partial charge in [-0.05, 0) is 53.5 Å². The minimum atomic E-state index is -0.425. The zero-order valence-electron chi connectivity index (χ0n) is 20.3. The van der Waals surface area contributed by atoms with Gasteiger partial charge in [0.15, 0.2) is 12.4 Å². The standard InChI is InChI=1S/C29H30N2O5/c1-34-27(33)19-35-25-14-8-13-23-17-20(15-16-24(23)25)18-26(32)36-31-29(30)28(21-9-4-2-5-10-21)22-11-6-3-7-12-22/h2-14,20,28H,15-19H2,1H3,(H2,30,31). The number of hydrogen-bond acceptors (Lipinski definition) is 6. The van der Waals surface area contributed by atoms with Crippen molar-refractivity contribution in [1.82, 2.24) is 0 Å². The third-order valence-corrected chi connectivity index (χ3v) is 6.38. The van der Waals surface area contributed by atoms with E-state index in [1.165, 1.54) is 7.11 Å². The molecule has 1 atom stereocenters. The van der Waals surface area contributed by atoms with E-state index in [0.29, 0.717) is 5.75 Å². The van der Waals surface area contributed by atoms with Crippen LogP contribution in [0.25, 0.3) is 0 Å². The summed E-state index contributed by atoms with van der Waals surface area (Å²) >= 11 is 0. The van der Waals surface area contributed by atoms with Crippen LogP contribution in [0.5, 0.6) is 5.75 Å². The van der Waals surface area contributed by atoms with E-state index in [4.69, 9.17) is 15.3 Å². The van der Waals surface area contributed by atoms with E-state index in [1.54, 1.807) is 0 Å². The number of oxime groups is 1. The SMILES string of the molecule is COC(=O)COc1cccc2c1CCC(CC(=O)ON=C(N)C(c1ccccc1)c1ccccc1)C2. The Kier molecular flexibility index (Phi) is 8.34. The molecule has 0 radical (unpaired) electrons. The van der Waals surface area contributed by atoms with E-state index in [9.17, 15) is 9.59 Å². The number of fused-ring (bicyclic) bond motifs is 1. The van der Waals surface area contributed by atoms with Crippen LogP contribution in [0, 0.1) is 5.92 Å². The highest BCUT2D eigenvalue weighted by Gasteiger charge is 2.25. The Hall–Kier alpha value is -4.13. The molecule has 0 amide bonds. The number of amidine groups is 1. The molecule has 0 fully saturated rings. The monoisotopic (exact) mass is 486 g/mol.